The predicted octanol–water partition coefficient (Wildman–Crippen LogP) is 13.6. The number of fused-ring (bicyclic) bond motifs is 13. The third kappa shape index (κ3) is 5.06. The summed E-state index contributed by atoms with van der Waals surface area (Å²) in [6.45, 7) is 0. The van der Waals surface area contributed by atoms with E-state index in [1.807, 2.05) is 12.1 Å². The van der Waals surface area contributed by atoms with Crippen molar-refractivity contribution in [2.75, 3.05) is 0 Å². The first-order chi connectivity index (χ1) is 30.3. The highest BCUT2D eigenvalue weighted by Crippen LogP contribution is 2.40. The number of benzene rings is 9. The zero-order valence-corrected chi connectivity index (χ0v) is 32.8. The van der Waals surface area contributed by atoms with E-state index < -0.39 is 0 Å². The summed E-state index contributed by atoms with van der Waals surface area (Å²) in [5.41, 5.74) is 12.0. The quantitative estimate of drug-likeness (QED) is 0.164. The van der Waals surface area contributed by atoms with Gasteiger partial charge in [0.05, 0.1) is 27.9 Å². The topological polar surface area (TPSA) is 52.9 Å². The van der Waals surface area contributed by atoms with Crippen LogP contribution in [0.3, 0.4) is 0 Å². The number of para-hydroxylation sites is 2. The molecular formula is C55H34N6. The normalized spacial score (nSPS) is 11.9. The number of rotatable bonds is 5. The molecule has 13 aromatic rings. The van der Waals surface area contributed by atoms with E-state index in [0.717, 1.165) is 78.2 Å². The summed E-state index contributed by atoms with van der Waals surface area (Å²) in [5, 5.41) is 8.66. The summed E-state index contributed by atoms with van der Waals surface area (Å²) in [7, 11) is 0. The van der Waals surface area contributed by atoms with Gasteiger partial charge in [-0.2, -0.15) is 4.98 Å². The van der Waals surface area contributed by atoms with Crippen molar-refractivity contribution >= 4 is 71.2 Å². The average molecular weight is 779 g/mol. The zero-order valence-electron chi connectivity index (χ0n) is 32.8. The molecule has 6 nitrogen and oxygen atoms in total. The van der Waals surface area contributed by atoms with Crippen LogP contribution >= 0.6 is 0 Å². The Hall–Kier alpha value is -8.35. The van der Waals surface area contributed by atoms with Gasteiger partial charge in [-0.1, -0.05) is 164 Å². The van der Waals surface area contributed by atoms with Crippen molar-refractivity contribution in [1.29, 1.82) is 0 Å². The van der Waals surface area contributed by atoms with Crippen molar-refractivity contribution in [3.05, 3.63) is 206 Å². The lowest BCUT2D eigenvalue weighted by Gasteiger charge is -2.12. The minimum atomic E-state index is 0.569. The number of aromatic nitrogens is 6. The van der Waals surface area contributed by atoms with E-state index in [0.29, 0.717) is 5.95 Å². The van der Waals surface area contributed by atoms with Gasteiger partial charge in [0.15, 0.2) is 5.65 Å². The Morgan fingerprint density at radius 3 is 1.46 bits per heavy atom. The monoisotopic (exact) mass is 778 g/mol. The molecule has 0 unspecified atom stereocenters. The molecule has 9 aromatic carbocycles. The molecule has 0 aliphatic heterocycles. The smallest absolute Gasteiger partial charge is 0.237 e. The van der Waals surface area contributed by atoms with Crippen LogP contribution in [0.4, 0.5) is 0 Å². The Labute approximate surface area is 349 Å². The molecule has 0 saturated carbocycles. The Balaban J connectivity index is 1.10. The Morgan fingerprint density at radius 2 is 0.820 bits per heavy atom. The van der Waals surface area contributed by atoms with Crippen LogP contribution in [0.15, 0.2) is 206 Å². The van der Waals surface area contributed by atoms with E-state index in [9.17, 15) is 0 Å². The van der Waals surface area contributed by atoms with Crippen molar-refractivity contribution in [1.82, 2.24) is 28.5 Å². The molecule has 0 aliphatic rings. The van der Waals surface area contributed by atoms with Gasteiger partial charge >= 0.3 is 0 Å². The van der Waals surface area contributed by atoms with Gasteiger partial charge in [-0.15, -0.1) is 0 Å². The first-order valence-electron chi connectivity index (χ1n) is 20.6. The Kier molecular flexibility index (Phi) is 7.21. The molecular weight excluding hydrogens is 745 g/mol. The van der Waals surface area contributed by atoms with E-state index in [4.69, 9.17) is 15.0 Å². The highest BCUT2D eigenvalue weighted by Gasteiger charge is 2.25. The van der Waals surface area contributed by atoms with Gasteiger partial charge in [0.2, 0.25) is 11.7 Å². The van der Waals surface area contributed by atoms with Crippen LogP contribution in [0, 0.1) is 0 Å². The lowest BCUT2D eigenvalue weighted by molar-refractivity contribution is 0.983. The molecule has 0 amide bonds. The molecule has 6 heteroatoms. The molecule has 0 atom stereocenters. The molecule has 0 spiro atoms. The Bertz CT molecular complexity index is 3770. The van der Waals surface area contributed by atoms with Crippen LogP contribution in [-0.2, 0) is 0 Å². The Morgan fingerprint density at radius 1 is 0.311 bits per heavy atom. The lowest BCUT2D eigenvalue weighted by atomic mass is 9.92. The highest BCUT2D eigenvalue weighted by molar-refractivity contribution is 6.25. The molecule has 61 heavy (non-hydrogen) atoms. The van der Waals surface area contributed by atoms with Crippen molar-refractivity contribution in [3.8, 4) is 45.3 Å². The molecule has 0 aliphatic carbocycles. The van der Waals surface area contributed by atoms with Gasteiger partial charge < -0.3 is 0 Å². The predicted molar refractivity (Wildman–Crippen MR) is 251 cm³/mol. The third-order valence-corrected chi connectivity index (χ3v) is 12.3. The number of nitrogens with zero attached hydrogens (tertiary/aromatic N) is 6. The maximum absolute atomic E-state index is 5.56. The molecule has 0 radical (unpaired) electrons. The summed E-state index contributed by atoms with van der Waals surface area (Å²) in [6, 6.07) is 73.1. The standard InChI is InChI=1S/C55H34N6/c1-4-16-35(17-5-1)47-34-48(36-18-6-2-7-19-36)57-54(56-47)61-49-27-15-14-26-45(49)52-53(61)58-55-59(39-20-8-3-9-21-39)50-31-29-38(33-51(50)60(52)55)37-28-30-44-42-24-11-10-22-40(42)41-23-12-13-25-43(41)46(44)32-37/h1-34H. The van der Waals surface area contributed by atoms with Crippen molar-refractivity contribution in [2.24, 2.45) is 0 Å². The largest absolute Gasteiger partial charge is 0.278 e. The maximum atomic E-state index is 5.56. The molecule has 284 valence electrons. The summed E-state index contributed by atoms with van der Waals surface area (Å²) >= 11 is 0. The van der Waals surface area contributed by atoms with Gasteiger partial charge in [0, 0.05) is 22.2 Å². The van der Waals surface area contributed by atoms with Crippen LogP contribution in [0.2, 0.25) is 0 Å². The number of hydrogen-bond donors (Lipinski definition) is 0. The molecule has 0 N–H and O–H groups in total. The van der Waals surface area contributed by atoms with Gasteiger partial charge in [0.1, 0.15) is 5.52 Å². The van der Waals surface area contributed by atoms with E-state index in [1.165, 1.54) is 32.3 Å². The molecule has 4 aromatic heterocycles. The molecule has 0 saturated heterocycles. The third-order valence-electron chi connectivity index (χ3n) is 12.3. The van der Waals surface area contributed by atoms with E-state index in [-0.39, 0.29) is 0 Å². The van der Waals surface area contributed by atoms with Gasteiger partial charge in [0.25, 0.3) is 0 Å². The van der Waals surface area contributed by atoms with Crippen LogP contribution in [-0.4, -0.2) is 28.5 Å². The second-order valence-electron chi connectivity index (χ2n) is 15.7. The molecule has 4 heterocycles. The van der Waals surface area contributed by atoms with E-state index >= 15 is 0 Å². The van der Waals surface area contributed by atoms with Crippen LogP contribution < -0.4 is 0 Å². The number of hydrogen-bond acceptors (Lipinski definition) is 3. The SMILES string of the molecule is c1ccc(-c2cc(-c3ccccc3)nc(-n3c4ccccc4c4c3nc3n(-c5ccccc5)c5ccc(-c6ccc7c8ccccc8c8ccccc8c7c6)cc5n43)n2)cc1. The first-order valence-corrected chi connectivity index (χ1v) is 20.6. The lowest BCUT2D eigenvalue weighted by Crippen LogP contribution is -2.04. The molecule has 0 bridgehead atoms. The van der Waals surface area contributed by atoms with Crippen molar-refractivity contribution in [2.45, 2.75) is 0 Å². The average Bonchev–Trinajstić information content (AvgIpc) is 3.97. The van der Waals surface area contributed by atoms with Crippen LogP contribution in [0.25, 0.3) is 116 Å². The van der Waals surface area contributed by atoms with E-state index in [1.54, 1.807) is 0 Å². The van der Waals surface area contributed by atoms with Gasteiger partial charge in [-0.25, -0.2) is 9.97 Å². The number of imidazole rings is 2. The van der Waals surface area contributed by atoms with Gasteiger partial charge in [-0.05, 0) is 85.9 Å². The summed E-state index contributed by atoms with van der Waals surface area (Å²) in [6.07, 6.45) is 0. The molecule has 0 fully saturated rings. The van der Waals surface area contributed by atoms with E-state index in [2.05, 4.69) is 208 Å². The van der Waals surface area contributed by atoms with Gasteiger partial charge in [-0.3, -0.25) is 13.5 Å². The van der Waals surface area contributed by atoms with Crippen LogP contribution in [0.1, 0.15) is 0 Å². The van der Waals surface area contributed by atoms with Crippen LogP contribution in [0.5, 0.6) is 0 Å². The fourth-order valence-corrected chi connectivity index (χ4v) is 9.50. The minimum absolute atomic E-state index is 0.569. The highest BCUT2D eigenvalue weighted by atomic mass is 15.3. The second kappa shape index (κ2) is 13.1. The maximum Gasteiger partial charge on any atom is 0.237 e. The van der Waals surface area contributed by atoms with Crippen molar-refractivity contribution in [3.63, 3.8) is 0 Å². The minimum Gasteiger partial charge on any atom is -0.278 e. The van der Waals surface area contributed by atoms with Crippen molar-refractivity contribution < 1.29 is 0 Å². The fourth-order valence-electron chi connectivity index (χ4n) is 9.50. The molecule has 13 rings (SSSR count). The fraction of sp³-hybridized carbons (Fsp3) is 0. The zero-order chi connectivity index (χ0) is 40.0. The first kappa shape index (κ1) is 33.6. The second-order valence-corrected chi connectivity index (χ2v) is 15.7. The summed E-state index contributed by atoms with van der Waals surface area (Å²) in [4.78, 5) is 16.1. The summed E-state index contributed by atoms with van der Waals surface area (Å²) in [5.74, 6) is 1.39. The summed E-state index contributed by atoms with van der Waals surface area (Å²) < 4.78 is 6.75.